The van der Waals surface area contributed by atoms with Crippen LogP contribution in [-0.2, 0) is 9.53 Å². The molecule has 1 saturated heterocycles. The topological polar surface area (TPSA) is 55.6 Å². The normalized spacial score (nSPS) is 24.9. The lowest BCUT2D eigenvalue weighted by Gasteiger charge is -2.18. The third kappa shape index (κ3) is 2.96. The van der Waals surface area contributed by atoms with Gasteiger partial charge in [-0.25, -0.2) is 0 Å². The van der Waals surface area contributed by atoms with Crippen molar-refractivity contribution in [1.29, 1.82) is 0 Å². The number of methoxy groups -OCH3 is 1. The van der Waals surface area contributed by atoms with Crippen molar-refractivity contribution < 1.29 is 9.53 Å². The van der Waals surface area contributed by atoms with Gasteiger partial charge in [0.25, 0.3) is 0 Å². The molecule has 1 aliphatic heterocycles. The Labute approximate surface area is 85.4 Å². The van der Waals surface area contributed by atoms with Gasteiger partial charge >= 0.3 is 5.97 Å². The van der Waals surface area contributed by atoms with Crippen LogP contribution >= 0.6 is 0 Å². The summed E-state index contributed by atoms with van der Waals surface area (Å²) >= 11 is 0. The maximum Gasteiger partial charge on any atom is 0.323 e. The first kappa shape index (κ1) is 11.5. The van der Waals surface area contributed by atoms with E-state index in [0.717, 1.165) is 19.0 Å². The summed E-state index contributed by atoms with van der Waals surface area (Å²) in [6.07, 6.45) is 2.44. The maximum absolute atomic E-state index is 11.1. The molecule has 4 nitrogen and oxygen atoms in total. The summed E-state index contributed by atoms with van der Waals surface area (Å²) in [5.74, 6) is 0.463. The van der Waals surface area contributed by atoms with Gasteiger partial charge in [0.2, 0.25) is 0 Å². The highest BCUT2D eigenvalue weighted by Crippen LogP contribution is 2.18. The van der Waals surface area contributed by atoms with Crippen LogP contribution in [0, 0.1) is 5.92 Å². The van der Waals surface area contributed by atoms with Crippen LogP contribution in [0.25, 0.3) is 0 Å². The monoisotopic (exact) mass is 200 g/mol. The highest BCUT2D eigenvalue weighted by atomic mass is 16.5. The van der Waals surface area contributed by atoms with Gasteiger partial charge in [-0.05, 0) is 18.9 Å². The second kappa shape index (κ2) is 5.32. The zero-order valence-corrected chi connectivity index (χ0v) is 9.03. The molecule has 14 heavy (non-hydrogen) atoms. The van der Waals surface area contributed by atoms with E-state index >= 15 is 0 Å². The number of ether oxygens (including phenoxy) is 1. The Balaban J connectivity index is 2.28. The van der Waals surface area contributed by atoms with Crippen LogP contribution in [0.5, 0.6) is 0 Å². The fourth-order valence-corrected chi connectivity index (χ4v) is 1.92. The Hall–Kier alpha value is -0.610. The molecule has 0 saturated carbocycles. The Morgan fingerprint density at radius 2 is 2.43 bits per heavy atom. The first-order valence-electron chi connectivity index (χ1n) is 5.23. The summed E-state index contributed by atoms with van der Waals surface area (Å²) in [5, 5.41) is 0. The molecule has 1 rings (SSSR count). The quantitative estimate of drug-likeness (QED) is 0.659. The summed E-state index contributed by atoms with van der Waals surface area (Å²) in [4.78, 5) is 13.3. The Kier molecular flexibility index (Phi) is 4.35. The molecular weight excluding hydrogens is 180 g/mol. The van der Waals surface area contributed by atoms with E-state index in [1.54, 1.807) is 0 Å². The first-order chi connectivity index (χ1) is 6.67. The van der Waals surface area contributed by atoms with Gasteiger partial charge in [-0.3, -0.25) is 4.79 Å². The molecule has 2 unspecified atom stereocenters. The van der Waals surface area contributed by atoms with E-state index in [9.17, 15) is 4.79 Å². The molecule has 1 fully saturated rings. The SMILES string of the molecule is CCC1CCN(CC(N)C(=O)OC)C1. The molecule has 0 aliphatic carbocycles. The van der Waals surface area contributed by atoms with E-state index in [1.165, 1.54) is 20.0 Å². The molecular formula is C10H20N2O2. The van der Waals surface area contributed by atoms with Gasteiger partial charge in [-0.2, -0.15) is 0 Å². The number of rotatable bonds is 4. The van der Waals surface area contributed by atoms with Crippen molar-refractivity contribution in [2.75, 3.05) is 26.7 Å². The molecule has 1 aliphatic rings. The molecule has 0 bridgehead atoms. The number of nitrogens with two attached hydrogens (primary N) is 1. The number of hydrogen-bond donors (Lipinski definition) is 1. The summed E-state index contributed by atoms with van der Waals surface area (Å²) in [7, 11) is 1.38. The average molecular weight is 200 g/mol. The molecule has 82 valence electrons. The standard InChI is InChI=1S/C10H20N2O2/c1-3-8-4-5-12(6-8)7-9(11)10(13)14-2/h8-9H,3-7,11H2,1-2H3. The lowest BCUT2D eigenvalue weighted by molar-refractivity contribution is -0.142. The fourth-order valence-electron chi connectivity index (χ4n) is 1.92. The molecule has 4 heteroatoms. The number of hydrogen-bond acceptors (Lipinski definition) is 4. The molecule has 0 spiro atoms. The van der Waals surface area contributed by atoms with E-state index < -0.39 is 6.04 Å². The largest absolute Gasteiger partial charge is 0.468 e. The molecule has 0 aromatic rings. The van der Waals surface area contributed by atoms with Gasteiger partial charge in [0.15, 0.2) is 0 Å². The molecule has 1 heterocycles. The number of likely N-dealkylation sites (tertiary alicyclic amines) is 1. The van der Waals surface area contributed by atoms with Crippen molar-refractivity contribution in [3.8, 4) is 0 Å². The fraction of sp³-hybridized carbons (Fsp3) is 0.900. The van der Waals surface area contributed by atoms with Crippen LogP contribution in [0.2, 0.25) is 0 Å². The highest BCUT2D eigenvalue weighted by molar-refractivity contribution is 5.75. The molecule has 0 amide bonds. The summed E-state index contributed by atoms with van der Waals surface area (Å²) in [6, 6.07) is -0.490. The minimum atomic E-state index is -0.490. The molecule has 2 atom stereocenters. The van der Waals surface area contributed by atoms with Crippen LogP contribution < -0.4 is 5.73 Å². The minimum Gasteiger partial charge on any atom is -0.468 e. The summed E-state index contributed by atoms with van der Waals surface area (Å²) in [5.41, 5.74) is 5.68. The summed E-state index contributed by atoms with van der Waals surface area (Å²) in [6.45, 7) is 4.96. The van der Waals surface area contributed by atoms with Crippen LogP contribution in [-0.4, -0.2) is 43.7 Å². The van der Waals surface area contributed by atoms with Gasteiger partial charge in [0, 0.05) is 13.1 Å². The number of nitrogens with zero attached hydrogens (tertiary/aromatic N) is 1. The maximum atomic E-state index is 11.1. The third-order valence-electron chi connectivity index (χ3n) is 2.91. The molecule has 2 N–H and O–H groups in total. The second-order valence-corrected chi connectivity index (χ2v) is 3.95. The second-order valence-electron chi connectivity index (χ2n) is 3.95. The predicted octanol–water partition coefficient (Wildman–Crippen LogP) is 0.219. The van der Waals surface area contributed by atoms with E-state index in [0.29, 0.717) is 6.54 Å². The smallest absolute Gasteiger partial charge is 0.323 e. The Bertz CT molecular complexity index is 197. The van der Waals surface area contributed by atoms with Crippen LogP contribution in [0.4, 0.5) is 0 Å². The van der Waals surface area contributed by atoms with Crippen molar-refractivity contribution in [2.45, 2.75) is 25.8 Å². The lowest BCUT2D eigenvalue weighted by Crippen LogP contribution is -2.42. The summed E-state index contributed by atoms with van der Waals surface area (Å²) < 4.78 is 4.58. The molecule has 0 radical (unpaired) electrons. The van der Waals surface area contributed by atoms with Gasteiger partial charge in [-0.1, -0.05) is 13.3 Å². The van der Waals surface area contributed by atoms with E-state index in [2.05, 4.69) is 16.6 Å². The van der Waals surface area contributed by atoms with Gasteiger partial charge < -0.3 is 15.4 Å². The number of esters is 1. The van der Waals surface area contributed by atoms with Crippen molar-refractivity contribution in [1.82, 2.24) is 4.90 Å². The van der Waals surface area contributed by atoms with E-state index in [-0.39, 0.29) is 5.97 Å². The van der Waals surface area contributed by atoms with E-state index in [1.807, 2.05) is 0 Å². The molecule has 0 aromatic carbocycles. The zero-order valence-electron chi connectivity index (χ0n) is 9.03. The van der Waals surface area contributed by atoms with Crippen molar-refractivity contribution in [3.05, 3.63) is 0 Å². The first-order valence-corrected chi connectivity index (χ1v) is 5.23. The van der Waals surface area contributed by atoms with E-state index in [4.69, 9.17) is 5.73 Å². The van der Waals surface area contributed by atoms with Gasteiger partial charge in [-0.15, -0.1) is 0 Å². The van der Waals surface area contributed by atoms with Crippen LogP contribution in [0.15, 0.2) is 0 Å². The Morgan fingerprint density at radius 1 is 1.71 bits per heavy atom. The highest BCUT2D eigenvalue weighted by Gasteiger charge is 2.24. The predicted molar refractivity (Wildman–Crippen MR) is 54.8 cm³/mol. The van der Waals surface area contributed by atoms with Gasteiger partial charge in [0.05, 0.1) is 7.11 Å². The van der Waals surface area contributed by atoms with Crippen molar-refractivity contribution in [3.63, 3.8) is 0 Å². The van der Waals surface area contributed by atoms with Crippen LogP contribution in [0.1, 0.15) is 19.8 Å². The minimum absolute atomic E-state index is 0.315. The Morgan fingerprint density at radius 3 is 2.93 bits per heavy atom. The third-order valence-corrected chi connectivity index (χ3v) is 2.91. The lowest BCUT2D eigenvalue weighted by atomic mass is 10.1. The van der Waals surface area contributed by atoms with Crippen LogP contribution in [0.3, 0.4) is 0 Å². The van der Waals surface area contributed by atoms with Crippen molar-refractivity contribution >= 4 is 5.97 Å². The zero-order chi connectivity index (χ0) is 10.6. The number of carbonyl (C=O) groups excluding carboxylic acids is 1. The van der Waals surface area contributed by atoms with Crippen molar-refractivity contribution in [2.24, 2.45) is 11.7 Å². The van der Waals surface area contributed by atoms with Gasteiger partial charge in [0.1, 0.15) is 6.04 Å². The number of carbonyl (C=O) groups is 1. The average Bonchev–Trinajstić information content (AvgIpc) is 2.64. The molecule has 0 aromatic heterocycles.